The Morgan fingerprint density at radius 1 is 1.38 bits per heavy atom. The van der Waals surface area contributed by atoms with Crippen molar-refractivity contribution >= 4 is 11.7 Å². The van der Waals surface area contributed by atoms with Crippen LogP contribution in [0.2, 0.25) is 0 Å². The van der Waals surface area contributed by atoms with Gasteiger partial charge in [-0.05, 0) is 20.3 Å². The van der Waals surface area contributed by atoms with Crippen molar-refractivity contribution in [2.75, 3.05) is 19.7 Å². The van der Waals surface area contributed by atoms with Gasteiger partial charge in [0.15, 0.2) is 0 Å². The van der Waals surface area contributed by atoms with Crippen molar-refractivity contribution in [3.63, 3.8) is 0 Å². The molecule has 0 atom stereocenters. The van der Waals surface area contributed by atoms with Crippen molar-refractivity contribution in [3.8, 4) is 0 Å². The fourth-order valence-electron chi connectivity index (χ4n) is 1.05. The normalized spacial score (nSPS) is 9.77. The molecule has 0 unspecified atom stereocenters. The molecule has 4 heteroatoms. The second-order valence-electron chi connectivity index (χ2n) is 2.93. The van der Waals surface area contributed by atoms with Gasteiger partial charge in [-0.25, -0.2) is 0 Å². The third kappa shape index (κ3) is 5.36. The molecule has 0 aromatic carbocycles. The molecule has 1 amide bonds. The summed E-state index contributed by atoms with van der Waals surface area (Å²) < 4.78 is 0. The highest BCUT2D eigenvalue weighted by Gasteiger charge is 2.12. The van der Waals surface area contributed by atoms with Gasteiger partial charge in [0.05, 0.1) is 6.42 Å². The number of rotatable bonds is 6. The maximum absolute atomic E-state index is 11.3. The van der Waals surface area contributed by atoms with Crippen molar-refractivity contribution in [1.82, 2.24) is 4.90 Å². The predicted molar refractivity (Wildman–Crippen MR) is 49.3 cm³/mol. The lowest BCUT2D eigenvalue weighted by molar-refractivity contribution is -0.134. The Balaban J connectivity index is 3.91. The summed E-state index contributed by atoms with van der Waals surface area (Å²) in [6, 6.07) is 0. The van der Waals surface area contributed by atoms with Crippen LogP contribution < -0.4 is 0 Å². The summed E-state index contributed by atoms with van der Waals surface area (Å²) in [5.74, 6) is -0.268. The zero-order chi connectivity index (χ0) is 10.3. The molecule has 0 spiro atoms. The minimum Gasteiger partial charge on any atom is -0.396 e. The van der Waals surface area contributed by atoms with Gasteiger partial charge in [0, 0.05) is 19.7 Å². The molecule has 0 aromatic heterocycles. The van der Waals surface area contributed by atoms with Crippen LogP contribution in [0.1, 0.15) is 26.7 Å². The quantitative estimate of drug-likeness (QED) is 0.604. The number of amides is 1. The molecule has 0 saturated carbocycles. The van der Waals surface area contributed by atoms with E-state index in [1.807, 2.05) is 6.92 Å². The summed E-state index contributed by atoms with van der Waals surface area (Å²) in [5.41, 5.74) is 0. The molecule has 13 heavy (non-hydrogen) atoms. The van der Waals surface area contributed by atoms with Crippen LogP contribution in [0.3, 0.4) is 0 Å². The molecule has 0 rings (SSSR count). The zero-order valence-electron chi connectivity index (χ0n) is 8.25. The van der Waals surface area contributed by atoms with Gasteiger partial charge in [0.1, 0.15) is 5.78 Å². The van der Waals surface area contributed by atoms with E-state index in [1.165, 1.54) is 6.92 Å². The number of ketones is 1. The number of nitrogens with zero attached hydrogens (tertiary/aromatic N) is 1. The molecular formula is C9H17NO3. The first-order chi connectivity index (χ1) is 6.11. The Morgan fingerprint density at radius 2 is 2.00 bits per heavy atom. The second kappa shape index (κ2) is 6.60. The first-order valence-electron chi connectivity index (χ1n) is 4.49. The average Bonchev–Trinajstić information content (AvgIpc) is 2.04. The van der Waals surface area contributed by atoms with E-state index < -0.39 is 0 Å². The lowest BCUT2D eigenvalue weighted by Gasteiger charge is -2.19. The lowest BCUT2D eigenvalue weighted by atomic mass is 10.2. The lowest BCUT2D eigenvalue weighted by Crippen LogP contribution is -2.33. The van der Waals surface area contributed by atoms with Gasteiger partial charge in [-0.15, -0.1) is 0 Å². The smallest absolute Gasteiger partial charge is 0.229 e. The van der Waals surface area contributed by atoms with Gasteiger partial charge in [-0.3, -0.25) is 9.59 Å². The summed E-state index contributed by atoms with van der Waals surface area (Å²) in [7, 11) is 0. The van der Waals surface area contributed by atoms with Crippen LogP contribution >= 0.6 is 0 Å². The SMILES string of the molecule is CCN(CCCO)C(=O)CC(C)=O. The van der Waals surface area contributed by atoms with Crippen LogP contribution in [0.5, 0.6) is 0 Å². The van der Waals surface area contributed by atoms with Gasteiger partial charge < -0.3 is 10.0 Å². The van der Waals surface area contributed by atoms with E-state index in [0.29, 0.717) is 19.5 Å². The second-order valence-corrected chi connectivity index (χ2v) is 2.93. The van der Waals surface area contributed by atoms with Gasteiger partial charge >= 0.3 is 0 Å². The summed E-state index contributed by atoms with van der Waals surface area (Å²) >= 11 is 0. The van der Waals surface area contributed by atoms with E-state index in [-0.39, 0.29) is 24.7 Å². The summed E-state index contributed by atoms with van der Waals surface area (Å²) in [4.78, 5) is 23.5. The van der Waals surface area contributed by atoms with Crippen molar-refractivity contribution in [3.05, 3.63) is 0 Å². The largest absolute Gasteiger partial charge is 0.396 e. The van der Waals surface area contributed by atoms with E-state index in [9.17, 15) is 9.59 Å². The highest BCUT2D eigenvalue weighted by Crippen LogP contribution is 1.96. The molecule has 0 heterocycles. The topological polar surface area (TPSA) is 57.6 Å². The monoisotopic (exact) mass is 187 g/mol. The number of aliphatic hydroxyl groups excluding tert-OH is 1. The van der Waals surface area contributed by atoms with E-state index in [0.717, 1.165) is 0 Å². The molecule has 0 aliphatic rings. The molecular weight excluding hydrogens is 170 g/mol. The molecule has 0 aromatic rings. The fraction of sp³-hybridized carbons (Fsp3) is 0.778. The highest BCUT2D eigenvalue weighted by atomic mass is 16.3. The zero-order valence-corrected chi connectivity index (χ0v) is 8.25. The van der Waals surface area contributed by atoms with Gasteiger partial charge in [0.25, 0.3) is 0 Å². The molecule has 1 N–H and O–H groups in total. The van der Waals surface area contributed by atoms with Gasteiger partial charge in [-0.2, -0.15) is 0 Å². The Kier molecular flexibility index (Phi) is 6.14. The number of carbonyl (C=O) groups excluding carboxylic acids is 2. The van der Waals surface area contributed by atoms with E-state index in [2.05, 4.69) is 0 Å². The number of hydrogen-bond donors (Lipinski definition) is 1. The Bertz CT molecular complexity index is 180. The number of aliphatic hydroxyl groups is 1. The van der Waals surface area contributed by atoms with Crippen LogP contribution in [0.15, 0.2) is 0 Å². The molecule has 0 aliphatic carbocycles. The Labute approximate surface area is 78.5 Å². The van der Waals surface area contributed by atoms with Crippen molar-refractivity contribution in [2.24, 2.45) is 0 Å². The maximum Gasteiger partial charge on any atom is 0.229 e. The summed E-state index contributed by atoms with van der Waals surface area (Å²) in [6.45, 7) is 4.45. The molecule has 4 nitrogen and oxygen atoms in total. The molecule has 0 fully saturated rings. The summed E-state index contributed by atoms with van der Waals surface area (Å²) in [5, 5.41) is 8.57. The van der Waals surface area contributed by atoms with Crippen LogP contribution in [0.25, 0.3) is 0 Å². The maximum atomic E-state index is 11.3. The number of carbonyl (C=O) groups is 2. The van der Waals surface area contributed by atoms with Crippen molar-refractivity contribution < 1.29 is 14.7 Å². The predicted octanol–water partition coefficient (Wildman–Crippen LogP) is 0.196. The van der Waals surface area contributed by atoms with Gasteiger partial charge in [-0.1, -0.05) is 0 Å². The van der Waals surface area contributed by atoms with Crippen LogP contribution in [0, 0.1) is 0 Å². The molecule has 76 valence electrons. The van der Waals surface area contributed by atoms with Crippen LogP contribution in [-0.2, 0) is 9.59 Å². The van der Waals surface area contributed by atoms with Crippen molar-refractivity contribution in [2.45, 2.75) is 26.7 Å². The third-order valence-corrected chi connectivity index (χ3v) is 1.72. The first-order valence-corrected chi connectivity index (χ1v) is 4.49. The van der Waals surface area contributed by atoms with Crippen molar-refractivity contribution in [1.29, 1.82) is 0 Å². The molecule has 0 saturated heterocycles. The molecule has 0 bridgehead atoms. The average molecular weight is 187 g/mol. The van der Waals surface area contributed by atoms with E-state index in [4.69, 9.17) is 5.11 Å². The number of hydrogen-bond acceptors (Lipinski definition) is 3. The van der Waals surface area contributed by atoms with E-state index in [1.54, 1.807) is 4.90 Å². The van der Waals surface area contributed by atoms with Crippen LogP contribution in [-0.4, -0.2) is 41.4 Å². The van der Waals surface area contributed by atoms with Crippen LogP contribution in [0.4, 0.5) is 0 Å². The highest BCUT2D eigenvalue weighted by molar-refractivity contribution is 5.96. The fourth-order valence-corrected chi connectivity index (χ4v) is 1.05. The molecule has 0 aliphatic heterocycles. The first kappa shape index (κ1) is 12.1. The molecule has 0 radical (unpaired) electrons. The number of Topliss-reactive ketones (excluding diaryl/α,β-unsaturated/α-hetero) is 1. The van der Waals surface area contributed by atoms with Gasteiger partial charge in [0.2, 0.25) is 5.91 Å². The summed E-state index contributed by atoms with van der Waals surface area (Å²) in [6.07, 6.45) is 0.538. The Morgan fingerprint density at radius 3 is 2.38 bits per heavy atom. The third-order valence-electron chi connectivity index (χ3n) is 1.72. The standard InChI is InChI=1S/C9H17NO3/c1-3-10(5-4-6-11)9(13)7-8(2)12/h11H,3-7H2,1-2H3. The minimum absolute atomic E-state index is 0.0285. The Hall–Kier alpha value is -0.900. The van der Waals surface area contributed by atoms with E-state index >= 15 is 0 Å². The minimum atomic E-state index is -0.150.